The van der Waals surface area contributed by atoms with Gasteiger partial charge in [0.05, 0.1) is 6.61 Å². The summed E-state index contributed by atoms with van der Waals surface area (Å²) in [6, 6.07) is 9.32. The topological polar surface area (TPSA) is 38.3 Å². The fraction of sp³-hybridized carbons (Fsp3) is 0.500. The van der Waals surface area contributed by atoms with E-state index < -0.39 is 0 Å². The monoisotopic (exact) mass is 235 g/mol. The van der Waals surface area contributed by atoms with Crippen LogP contribution in [0, 0.1) is 5.92 Å². The van der Waals surface area contributed by atoms with Crippen LogP contribution >= 0.6 is 0 Å². The van der Waals surface area contributed by atoms with Gasteiger partial charge in [-0.1, -0.05) is 38.5 Å². The molecule has 0 aliphatic carbocycles. The van der Waals surface area contributed by atoms with Crippen molar-refractivity contribution in [3.05, 3.63) is 30.3 Å². The van der Waals surface area contributed by atoms with Crippen LogP contribution in [0.5, 0.6) is 0 Å². The summed E-state index contributed by atoms with van der Waals surface area (Å²) >= 11 is 0. The number of hydrogen-bond donors (Lipinski definition) is 1. The van der Waals surface area contributed by atoms with Crippen LogP contribution in [-0.4, -0.2) is 12.7 Å². The highest BCUT2D eigenvalue weighted by molar-refractivity contribution is 5.84. The smallest absolute Gasteiger partial charge is 0.411 e. The lowest BCUT2D eigenvalue weighted by molar-refractivity contribution is 0.158. The van der Waals surface area contributed by atoms with Crippen molar-refractivity contribution < 1.29 is 9.53 Å². The van der Waals surface area contributed by atoms with Crippen molar-refractivity contribution in [1.29, 1.82) is 0 Å². The first-order valence-electron chi connectivity index (χ1n) is 6.17. The maximum Gasteiger partial charge on any atom is 0.411 e. The number of unbranched alkanes of at least 4 members (excludes halogenated alkanes) is 1. The number of anilines is 1. The third kappa shape index (κ3) is 6.61. The van der Waals surface area contributed by atoms with Crippen molar-refractivity contribution in [3.8, 4) is 0 Å². The molecule has 0 saturated carbocycles. The third-order valence-electron chi connectivity index (χ3n) is 2.43. The molecule has 0 aromatic heterocycles. The van der Waals surface area contributed by atoms with Gasteiger partial charge in [-0.05, 0) is 30.9 Å². The summed E-state index contributed by atoms with van der Waals surface area (Å²) in [5, 5.41) is 2.68. The van der Waals surface area contributed by atoms with Gasteiger partial charge in [0.25, 0.3) is 0 Å². The minimum absolute atomic E-state index is 0.374. The summed E-state index contributed by atoms with van der Waals surface area (Å²) in [5.41, 5.74) is 0.764. The molecule has 1 rings (SSSR count). The van der Waals surface area contributed by atoms with Crippen molar-refractivity contribution in [1.82, 2.24) is 0 Å². The maximum absolute atomic E-state index is 11.4. The maximum atomic E-state index is 11.4. The molecule has 0 atom stereocenters. The summed E-state index contributed by atoms with van der Waals surface area (Å²) in [6.07, 6.45) is 2.85. The number of ether oxygens (including phenoxy) is 1. The number of para-hydroxylation sites is 1. The average molecular weight is 235 g/mol. The van der Waals surface area contributed by atoms with Crippen LogP contribution in [0.2, 0.25) is 0 Å². The van der Waals surface area contributed by atoms with E-state index in [0.717, 1.165) is 18.5 Å². The second kappa shape index (κ2) is 7.71. The highest BCUT2D eigenvalue weighted by Crippen LogP contribution is 2.07. The van der Waals surface area contributed by atoms with E-state index in [1.54, 1.807) is 0 Å². The molecule has 0 aliphatic rings. The lowest BCUT2D eigenvalue weighted by Crippen LogP contribution is -2.14. The van der Waals surface area contributed by atoms with E-state index in [4.69, 9.17) is 4.74 Å². The molecule has 3 heteroatoms. The Labute approximate surface area is 103 Å². The first-order chi connectivity index (χ1) is 8.18. The summed E-state index contributed by atoms with van der Waals surface area (Å²) in [4.78, 5) is 11.4. The van der Waals surface area contributed by atoms with Gasteiger partial charge in [-0.15, -0.1) is 0 Å². The highest BCUT2D eigenvalue weighted by Gasteiger charge is 2.02. The van der Waals surface area contributed by atoms with Crippen LogP contribution in [0.3, 0.4) is 0 Å². The van der Waals surface area contributed by atoms with Crippen molar-refractivity contribution in [2.45, 2.75) is 33.1 Å². The predicted octanol–water partition coefficient (Wildman–Crippen LogP) is 4.06. The minimum atomic E-state index is -0.374. The molecule has 17 heavy (non-hydrogen) atoms. The standard InChI is InChI=1S/C14H21NO2/c1-12(2)8-6-7-11-17-14(16)15-13-9-4-3-5-10-13/h3-5,9-10,12H,6-8,11H2,1-2H3,(H,15,16). The van der Waals surface area contributed by atoms with Gasteiger partial charge >= 0.3 is 6.09 Å². The van der Waals surface area contributed by atoms with Crippen LogP contribution in [0.15, 0.2) is 30.3 Å². The zero-order valence-corrected chi connectivity index (χ0v) is 10.6. The molecule has 1 aromatic rings. The number of carbonyl (C=O) groups excluding carboxylic acids is 1. The molecule has 3 nitrogen and oxygen atoms in total. The molecular formula is C14H21NO2. The molecule has 0 aliphatic heterocycles. The fourth-order valence-corrected chi connectivity index (χ4v) is 1.49. The molecule has 1 amide bonds. The number of nitrogens with one attached hydrogen (secondary N) is 1. The lowest BCUT2D eigenvalue weighted by atomic mass is 10.1. The normalized spacial score (nSPS) is 10.3. The van der Waals surface area contributed by atoms with Crippen LogP contribution < -0.4 is 5.32 Å². The Kier molecular flexibility index (Phi) is 6.15. The van der Waals surface area contributed by atoms with Crippen molar-refractivity contribution >= 4 is 11.8 Å². The van der Waals surface area contributed by atoms with Gasteiger partial charge < -0.3 is 4.74 Å². The second-order valence-electron chi connectivity index (χ2n) is 4.52. The Morgan fingerprint density at radius 3 is 2.59 bits per heavy atom. The van der Waals surface area contributed by atoms with Gasteiger partial charge in [-0.25, -0.2) is 4.79 Å². The minimum Gasteiger partial charge on any atom is -0.449 e. The molecule has 0 bridgehead atoms. The molecule has 94 valence electrons. The summed E-state index contributed by atoms with van der Waals surface area (Å²) in [6.45, 7) is 4.89. The number of hydrogen-bond acceptors (Lipinski definition) is 2. The first kappa shape index (κ1) is 13.6. The third-order valence-corrected chi connectivity index (χ3v) is 2.43. The van der Waals surface area contributed by atoms with E-state index in [0.29, 0.717) is 12.5 Å². The molecule has 0 saturated heterocycles. The molecule has 0 radical (unpaired) electrons. The average Bonchev–Trinajstić information content (AvgIpc) is 2.29. The molecule has 1 aromatic carbocycles. The zero-order chi connectivity index (χ0) is 12.5. The number of carbonyl (C=O) groups is 1. The largest absolute Gasteiger partial charge is 0.449 e. The van der Waals surface area contributed by atoms with Crippen molar-refractivity contribution in [2.75, 3.05) is 11.9 Å². The van der Waals surface area contributed by atoms with E-state index in [1.807, 2.05) is 30.3 Å². The van der Waals surface area contributed by atoms with Crippen LogP contribution in [0.25, 0.3) is 0 Å². The fourth-order valence-electron chi connectivity index (χ4n) is 1.49. The van der Waals surface area contributed by atoms with Crippen LogP contribution in [-0.2, 0) is 4.74 Å². The summed E-state index contributed by atoms with van der Waals surface area (Å²) < 4.78 is 5.08. The van der Waals surface area contributed by atoms with E-state index >= 15 is 0 Å². The van der Waals surface area contributed by atoms with Crippen molar-refractivity contribution in [3.63, 3.8) is 0 Å². The molecule has 0 fully saturated rings. The Morgan fingerprint density at radius 2 is 1.94 bits per heavy atom. The molecular weight excluding hydrogens is 214 g/mol. The predicted molar refractivity (Wildman–Crippen MR) is 70.1 cm³/mol. The van der Waals surface area contributed by atoms with Gasteiger partial charge in [0.15, 0.2) is 0 Å². The second-order valence-corrected chi connectivity index (χ2v) is 4.52. The van der Waals surface area contributed by atoms with Gasteiger partial charge in [0.1, 0.15) is 0 Å². The Balaban J connectivity index is 2.10. The molecule has 0 unspecified atom stereocenters. The van der Waals surface area contributed by atoms with E-state index in [2.05, 4.69) is 19.2 Å². The number of benzene rings is 1. The summed E-state index contributed by atoms with van der Waals surface area (Å²) in [5.74, 6) is 0.716. The first-order valence-corrected chi connectivity index (χ1v) is 6.17. The quantitative estimate of drug-likeness (QED) is 0.755. The molecule has 0 heterocycles. The lowest BCUT2D eigenvalue weighted by Gasteiger charge is -2.07. The van der Waals surface area contributed by atoms with Gasteiger partial charge in [0, 0.05) is 5.69 Å². The van der Waals surface area contributed by atoms with Crippen LogP contribution in [0.1, 0.15) is 33.1 Å². The van der Waals surface area contributed by atoms with Gasteiger partial charge in [-0.2, -0.15) is 0 Å². The van der Waals surface area contributed by atoms with E-state index in [-0.39, 0.29) is 6.09 Å². The molecule has 1 N–H and O–H groups in total. The Hall–Kier alpha value is -1.51. The molecule has 0 spiro atoms. The van der Waals surface area contributed by atoms with Crippen LogP contribution in [0.4, 0.5) is 10.5 Å². The zero-order valence-electron chi connectivity index (χ0n) is 10.6. The van der Waals surface area contributed by atoms with E-state index in [1.165, 1.54) is 6.42 Å². The SMILES string of the molecule is CC(C)CCCCOC(=O)Nc1ccccc1. The number of amides is 1. The van der Waals surface area contributed by atoms with E-state index in [9.17, 15) is 4.79 Å². The summed E-state index contributed by atoms with van der Waals surface area (Å²) in [7, 11) is 0. The Morgan fingerprint density at radius 1 is 1.24 bits per heavy atom. The number of rotatable bonds is 6. The highest BCUT2D eigenvalue weighted by atomic mass is 16.5. The van der Waals surface area contributed by atoms with Gasteiger partial charge in [-0.3, -0.25) is 5.32 Å². The Bertz CT molecular complexity index is 322. The van der Waals surface area contributed by atoms with Gasteiger partial charge in [0.2, 0.25) is 0 Å². The van der Waals surface area contributed by atoms with Crippen molar-refractivity contribution in [2.24, 2.45) is 5.92 Å².